The highest BCUT2D eigenvalue weighted by molar-refractivity contribution is 14.1. The van der Waals surface area contributed by atoms with Gasteiger partial charge in [-0.1, -0.05) is 22.6 Å². The molecule has 0 saturated carbocycles. The van der Waals surface area contributed by atoms with E-state index in [4.69, 9.17) is 10.1 Å². The number of nitrogens with zero attached hydrogens (tertiary/aromatic N) is 1. The molecular weight excluding hydrogens is 403 g/mol. The number of hydrogen-bond donors (Lipinski definition) is 3. The largest absolute Gasteiger partial charge is 0.489 e. The van der Waals surface area contributed by atoms with Crippen molar-refractivity contribution in [3.63, 3.8) is 0 Å². The van der Waals surface area contributed by atoms with Crippen molar-refractivity contribution in [1.82, 2.24) is 5.43 Å². The highest BCUT2D eigenvalue weighted by Gasteiger charge is 2.21. The van der Waals surface area contributed by atoms with Crippen molar-refractivity contribution in [3.05, 3.63) is 58.4 Å². The van der Waals surface area contributed by atoms with Gasteiger partial charge in [-0.3, -0.25) is 5.41 Å². The Morgan fingerprint density at radius 2 is 2.09 bits per heavy atom. The second kappa shape index (κ2) is 8.85. The molecule has 1 atom stereocenters. The van der Waals surface area contributed by atoms with Gasteiger partial charge >= 0.3 is 0 Å². The van der Waals surface area contributed by atoms with E-state index in [1.165, 1.54) is 5.69 Å². The van der Waals surface area contributed by atoms with E-state index in [0.717, 1.165) is 17.2 Å². The molecular formula is C17H23IN4O+2. The molecule has 0 radical (unpaired) electrons. The molecule has 2 rings (SSSR count). The predicted molar refractivity (Wildman–Crippen MR) is 103 cm³/mol. The van der Waals surface area contributed by atoms with Crippen molar-refractivity contribution >= 4 is 39.7 Å². The van der Waals surface area contributed by atoms with Gasteiger partial charge in [0.25, 0.3) is 0 Å². The summed E-state index contributed by atoms with van der Waals surface area (Å²) < 4.78 is 7.51. The minimum Gasteiger partial charge on any atom is -0.489 e. The van der Waals surface area contributed by atoms with Crippen molar-refractivity contribution in [2.45, 2.75) is 6.04 Å². The van der Waals surface area contributed by atoms with Crippen LogP contribution in [0, 0.1) is 0 Å². The Morgan fingerprint density at radius 3 is 2.70 bits per heavy atom. The average Bonchev–Trinajstić information content (AvgIpc) is 2.54. The molecule has 0 aromatic heterocycles. The number of ether oxygens (including phenoxy) is 1. The third-order valence-electron chi connectivity index (χ3n) is 3.40. The van der Waals surface area contributed by atoms with Crippen LogP contribution in [0.25, 0.3) is 0 Å². The van der Waals surface area contributed by atoms with Crippen LogP contribution in [-0.2, 0) is 4.74 Å². The first kappa shape index (κ1) is 17.7. The maximum atomic E-state index is 6.10. The molecule has 0 heterocycles. The summed E-state index contributed by atoms with van der Waals surface area (Å²) in [6.07, 6.45) is 7.75. The predicted octanol–water partition coefficient (Wildman–Crippen LogP) is 0.440. The molecule has 5 N–H and O–H groups in total. The Hall–Kier alpha value is -1.64. The summed E-state index contributed by atoms with van der Waals surface area (Å²) in [4.78, 5) is 2.08. The van der Waals surface area contributed by atoms with Gasteiger partial charge in [0.05, 0.1) is 0 Å². The molecule has 122 valence electrons. The molecule has 0 spiro atoms. The molecule has 5 nitrogen and oxygen atoms in total. The van der Waals surface area contributed by atoms with Gasteiger partial charge in [0.1, 0.15) is 18.1 Å². The average molecular weight is 426 g/mol. The molecule has 1 unspecified atom stereocenters. The van der Waals surface area contributed by atoms with E-state index in [9.17, 15) is 0 Å². The van der Waals surface area contributed by atoms with Crippen LogP contribution in [0.5, 0.6) is 0 Å². The number of hydrogen-bond acceptors (Lipinski definition) is 3. The summed E-state index contributed by atoms with van der Waals surface area (Å²) in [6.45, 7) is 0.550. The van der Waals surface area contributed by atoms with E-state index in [0.29, 0.717) is 6.61 Å². The summed E-state index contributed by atoms with van der Waals surface area (Å²) in [5, 5.41) is 6.10. The van der Waals surface area contributed by atoms with E-state index < -0.39 is 0 Å². The van der Waals surface area contributed by atoms with Gasteiger partial charge in [0.15, 0.2) is 6.04 Å². The summed E-state index contributed by atoms with van der Waals surface area (Å²) in [7, 11) is 4.06. The molecule has 0 bridgehead atoms. The minimum atomic E-state index is -0.0176. The lowest BCUT2D eigenvalue weighted by atomic mass is 10.1. The van der Waals surface area contributed by atoms with Gasteiger partial charge in [-0.2, -0.15) is 0 Å². The molecule has 1 aromatic rings. The minimum absolute atomic E-state index is 0.0176. The summed E-state index contributed by atoms with van der Waals surface area (Å²) in [5.74, 6) is 0.783. The zero-order chi connectivity index (χ0) is 16.7. The SMILES string of the molecule is CN(C)c1ccc([NH2+]NC2C=CC(OC/C=C/I)=CC2=[NH2+])cc1. The fraction of sp³-hybridized carbons (Fsp3) is 0.235. The monoisotopic (exact) mass is 426 g/mol. The number of allylic oxidation sites excluding steroid dienone is 1. The highest BCUT2D eigenvalue weighted by Crippen LogP contribution is 2.12. The van der Waals surface area contributed by atoms with Crippen LogP contribution in [0.2, 0.25) is 0 Å². The third-order valence-corrected chi connectivity index (χ3v) is 3.90. The van der Waals surface area contributed by atoms with Crippen LogP contribution < -0.4 is 21.2 Å². The van der Waals surface area contributed by atoms with Crippen molar-refractivity contribution < 1.29 is 15.6 Å². The Kier molecular flexibility index (Phi) is 6.82. The highest BCUT2D eigenvalue weighted by atomic mass is 127. The van der Waals surface area contributed by atoms with E-state index in [1.54, 1.807) is 0 Å². The summed E-state index contributed by atoms with van der Waals surface area (Å²) in [5.41, 5.74) is 8.31. The number of halogens is 1. The molecule has 0 aliphatic heterocycles. The summed E-state index contributed by atoms with van der Waals surface area (Å²) in [6, 6.07) is 8.31. The van der Waals surface area contributed by atoms with Gasteiger partial charge in [0.2, 0.25) is 5.71 Å². The smallest absolute Gasteiger partial charge is 0.202 e. The van der Waals surface area contributed by atoms with E-state index in [2.05, 4.69) is 57.2 Å². The van der Waals surface area contributed by atoms with E-state index >= 15 is 0 Å². The van der Waals surface area contributed by atoms with Crippen molar-refractivity contribution in [2.24, 2.45) is 0 Å². The Labute approximate surface area is 150 Å². The second-order valence-electron chi connectivity index (χ2n) is 5.35. The molecule has 23 heavy (non-hydrogen) atoms. The van der Waals surface area contributed by atoms with Gasteiger partial charge in [-0.25, -0.2) is 5.43 Å². The third kappa shape index (κ3) is 5.49. The fourth-order valence-corrected chi connectivity index (χ4v) is 2.29. The lowest BCUT2D eigenvalue weighted by Gasteiger charge is -2.15. The Bertz CT molecular complexity index is 620. The Balaban J connectivity index is 1.85. The lowest BCUT2D eigenvalue weighted by Crippen LogP contribution is -2.91. The lowest BCUT2D eigenvalue weighted by molar-refractivity contribution is -0.635. The van der Waals surface area contributed by atoms with Crippen molar-refractivity contribution in [3.8, 4) is 0 Å². The number of rotatable bonds is 7. The zero-order valence-electron chi connectivity index (χ0n) is 13.4. The Morgan fingerprint density at radius 1 is 1.35 bits per heavy atom. The molecule has 0 saturated heterocycles. The van der Waals surface area contributed by atoms with Gasteiger partial charge < -0.3 is 9.64 Å². The van der Waals surface area contributed by atoms with Gasteiger partial charge in [-0.15, -0.1) is 5.43 Å². The van der Waals surface area contributed by atoms with Crippen molar-refractivity contribution in [1.29, 1.82) is 0 Å². The summed E-state index contributed by atoms with van der Waals surface area (Å²) >= 11 is 2.17. The molecule has 1 aliphatic carbocycles. The van der Waals surface area contributed by atoms with E-state index in [-0.39, 0.29) is 6.04 Å². The fourth-order valence-electron chi connectivity index (χ4n) is 2.08. The van der Waals surface area contributed by atoms with Crippen LogP contribution in [0.4, 0.5) is 11.4 Å². The molecule has 0 fully saturated rings. The van der Waals surface area contributed by atoms with Crippen LogP contribution in [-0.4, -0.2) is 32.5 Å². The van der Waals surface area contributed by atoms with Crippen LogP contribution in [0.3, 0.4) is 0 Å². The standard InChI is InChI=1S/C17H21IN4O/c1-22(2)14-6-4-13(5-7-14)20-21-17-9-8-15(12-16(17)19)23-11-3-10-18/h3-10,12,17,19-21H,11H2,1-2H3/p+2/b10-3+,19-16?. The number of quaternary nitrogens is 1. The van der Waals surface area contributed by atoms with Crippen LogP contribution in [0.1, 0.15) is 0 Å². The molecule has 1 aliphatic rings. The quantitative estimate of drug-likeness (QED) is 0.257. The zero-order valence-corrected chi connectivity index (χ0v) is 15.5. The maximum Gasteiger partial charge on any atom is 0.202 e. The second-order valence-corrected chi connectivity index (χ2v) is 6.07. The number of nitrogens with one attached hydrogen (secondary N) is 1. The van der Waals surface area contributed by atoms with Crippen LogP contribution in [0.15, 0.2) is 58.4 Å². The molecule has 6 heteroatoms. The van der Waals surface area contributed by atoms with Gasteiger partial charge in [-0.05, 0) is 34.4 Å². The first-order chi connectivity index (χ1) is 11.1. The topological polar surface area (TPSA) is 66.7 Å². The number of anilines is 1. The first-order valence-electron chi connectivity index (χ1n) is 7.37. The normalized spacial score (nSPS) is 17.4. The van der Waals surface area contributed by atoms with Crippen molar-refractivity contribution in [2.75, 3.05) is 25.6 Å². The first-order valence-corrected chi connectivity index (χ1v) is 8.61. The number of nitrogens with two attached hydrogens (primary N) is 2. The maximum absolute atomic E-state index is 6.10. The van der Waals surface area contributed by atoms with Crippen LogP contribution >= 0.6 is 22.6 Å². The molecule has 0 amide bonds. The van der Waals surface area contributed by atoms with Gasteiger partial charge in [0, 0.05) is 38.0 Å². The molecule has 1 aromatic carbocycles. The van der Waals surface area contributed by atoms with E-state index in [1.807, 2.05) is 47.9 Å². The number of benzene rings is 1.